The number of carbonyl (C=O) groups is 1. The number of rotatable bonds is 16. The summed E-state index contributed by atoms with van der Waals surface area (Å²) in [4.78, 5) is 36.6. The average Bonchev–Trinajstić information content (AvgIpc) is 2.87. The number of carbonyl (C=O) groups excluding carboxylic acids is 1. The zero-order chi connectivity index (χ0) is 28.4. The Hall–Kier alpha value is -0.798. The van der Waals surface area contributed by atoms with Gasteiger partial charge in [-0.1, -0.05) is 75.3 Å². The molecule has 1 aromatic heterocycles. The van der Waals surface area contributed by atoms with Crippen molar-refractivity contribution < 1.29 is 54.6 Å². The second-order valence-electron chi connectivity index (χ2n) is 9.45. The van der Waals surface area contributed by atoms with E-state index in [9.17, 15) is 24.1 Å². The molecule has 0 amide bonds. The first kappa shape index (κ1) is 36.2. The largest absolute Gasteiger partial charge is 2.00 e. The van der Waals surface area contributed by atoms with Gasteiger partial charge in [0.2, 0.25) is 11.2 Å². The van der Waals surface area contributed by atoms with Crippen LogP contribution >= 0.6 is 31.1 Å². The molecule has 0 fully saturated rings. The Morgan fingerprint density at radius 1 is 1.23 bits per heavy atom. The van der Waals surface area contributed by atoms with Gasteiger partial charge in [-0.05, 0) is 25.5 Å². The first-order valence-electron chi connectivity index (χ1n) is 11.9. The van der Waals surface area contributed by atoms with Crippen molar-refractivity contribution in [1.29, 1.82) is 0 Å². The van der Waals surface area contributed by atoms with Gasteiger partial charge in [0.1, 0.15) is 0 Å². The molecule has 3 N–H and O–H groups in total. The molecular weight excluding hydrogens is 791 g/mol. The zero-order valence-corrected chi connectivity index (χ0v) is 29.0. The number of hydrogen-bond acceptors (Lipinski definition) is 8. The number of aliphatic hydroxyl groups is 1. The number of aliphatic hydroxyl groups excluding tert-OH is 1. The topological polar surface area (TPSA) is 140 Å². The summed E-state index contributed by atoms with van der Waals surface area (Å²) in [5.74, 6) is -0.120. The number of nitrogens with zero attached hydrogens (tertiary/aromatic N) is 1. The van der Waals surface area contributed by atoms with Crippen LogP contribution in [0.2, 0.25) is 0 Å². The molecule has 1 aromatic carbocycles. The Balaban J connectivity index is 0.00000760. The summed E-state index contributed by atoms with van der Waals surface area (Å²) >= 11 is 7.63. The second kappa shape index (κ2) is 16.6. The third-order valence-corrected chi connectivity index (χ3v) is 8.86. The summed E-state index contributed by atoms with van der Waals surface area (Å²) in [7, 11) is -3.78. The SMILES string of the molecule is C[C@H]([CH-]CO[P@](=O)(NCc1ccccc1)OCCSC(=O)C(C)(C)CO)[C@@](C)(Cl)[CH-]n1ccc(=O)[nH]c1=O.[U+2]. The fourth-order valence-corrected chi connectivity index (χ4v) is 5.27. The molecule has 0 saturated carbocycles. The van der Waals surface area contributed by atoms with E-state index in [2.05, 4.69) is 10.1 Å². The fourth-order valence-electron chi connectivity index (χ4n) is 2.90. The minimum absolute atomic E-state index is 0. The predicted molar refractivity (Wildman–Crippen MR) is 150 cm³/mol. The smallest absolute Gasteiger partial charge is 0.436 e. The van der Waals surface area contributed by atoms with Gasteiger partial charge in [0.15, 0.2) is 5.12 Å². The maximum atomic E-state index is 13.5. The van der Waals surface area contributed by atoms with E-state index in [1.54, 1.807) is 34.1 Å². The fraction of sp³-hybridized carbons (Fsp3) is 0.480. The van der Waals surface area contributed by atoms with Crippen molar-refractivity contribution in [1.82, 2.24) is 14.6 Å². The van der Waals surface area contributed by atoms with Gasteiger partial charge in [-0.3, -0.25) is 20.5 Å². The molecular formula is C25H35ClN3O7PSU. The zero-order valence-electron chi connectivity index (χ0n) is 22.4. The second-order valence-corrected chi connectivity index (χ2v) is 13.2. The van der Waals surface area contributed by atoms with Crippen LogP contribution in [0.25, 0.3) is 0 Å². The van der Waals surface area contributed by atoms with Crippen LogP contribution in [0.15, 0.2) is 52.2 Å². The van der Waals surface area contributed by atoms with Gasteiger partial charge in [0.25, 0.3) is 0 Å². The molecule has 3 atom stereocenters. The molecule has 0 saturated heterocycles. The quantitative estimate of drug-likeness (QED) is 0.100. The van der Waals surface area contributed by atoms with Crippen LogP contribution < -0.4 is 16.3 Å². The molecule has 0 radical (unpaired) electrons. The average molecular weight is 826 g/mol. The number of hydrogen-bond donors (Lipinski definition) is 3. The van der Waals surface area contributed by atoms with Gasteiger partial charge in [0.05, 0.1) is 18.6 Å². The minimum atomic E-state index is -3.78. The summed E-state index contributed by atoms with van der Waals surface area (Å²) in [5, 5.41) is 12.0. The van der Waals surface area contributed by atoms with E-state index in [-0.39, 0.29) is 74.3 Å². The summed E-state index contributed by atoms with van der Waals surface area (Å²) in [6.45, 7) is 8.10. The number of benzene rings is 1. The number of halogens is 1. The van der Waals surface area contributed by atoms with Crippen LogP contribution in [0.4, 0.5) is 0 Å². The van der Waals surface area contributed by atoms with Crippen LogP contribution in [-0.2, 0) is 25.0 Å². The third-order valence-electron chi connectivity index (χ3n) is 5.67. The van der Waals surface area contributed by atoms with Gasteiger partial charge in [-0.2, -0.15) is 5.92 Å². The molecule has 0 aliphatic heterocycles. The number of nitrogens with one attached hydrogen (secondary N) is 2. The van der Waals surface area contributed by atoms with E-state index < -0.39 is 29.3 Å². The number of H-pyrrole nitrogens is 1. The van der Waals surface area contributed by atoms with Gasteiger partial charge in [0, 0.05) is 17.2 Å². The standard InChI is InChI=1S/C25H35ClN3O7PS.U/c1-19(25(4,26)17-29-12-10-21(31)28-23(29)33)11-13-35-37(34,27-16-20-8-6-5-7-9-20)36-14-15-38-22(32)24(2,3)18-30;/h5-12,17,19,30H,13-16,18H2,1-4H3,(H,27,34)(H,28,31,33);/q-2;+2/t19-,25+,37-;/m1./s1. The van der Waals surface area contributed by atoms with Crippen LogP contribution in [0.5, 0.6) is 0 Å². The van der Waals surface area contributed by atoms with Crippen molar-refractivity contribution in [2.45, 2.75) is 39.1 Å². The number of thioether (sulfide) groups is 1. The first-order valence-corrected chi connectivity index (χ1v) is 14.8. The van der Waals surface area contributed by atoms with Gasteiger partial charge in [-0.15, -0.1) is 11.6 Å². The number of aromatic amines is 1. The van der Waals surface area contributed by atoms with Crippen LogP contribution in [0, 0.1) is 55.4 Å². The molecule has 0 aliphatic carbocycles. The van der Waals surface area contributed by atoms with E-state index in [1.807, 2.05) is 30.3 Å². The van der Waals surface area contributed by atoms with Crippen LogP contribution in [0.1, 0.15) is 33.3 Å². The molecule has 214 valence electrons. The Labute approximate surface area is 261 Å². The van der Waals surface area contributed by atoms with Crippen molar-refractivity contribution >= 4 is 36.2 Å². The molecule has 0 unspecified atom stereocenters. The van der Waals surface area contributed by atoms with Gasteiger partial charge < -0.3 is 24.0 Å². The third kappa shape index (κ3) is 12.3. The van der Waals surface area contributed by atoms with Crippen LogP contribution in [-0.4, -0.2) is 50.2 Å². The summed E-state index contributed by atoms with van der Waals surface area (Å²) in [6.07, 6.45) is 3.02. The molecule has 0 spiro atoms. The summed E-state index contributed by atoms with van der Waals surface area (Å²) < 4.78 is 25.9. The molecule has 2 rings (SSSR count). The van der Waals surface area contributed by atoms with E-state index >= 15 is 0 Å². The minimum Gasteiger partial charge on any atom is -0.436 e. The van der Waals surface area contributed by atoms with Crippen LogP contribution in [0.3, 0.4) is 0 Å². The molecule has 0 aliphatic rings. The van der Waals surface area contributed by atoms with E-state index in [0.717, 1.165) is 17.3 Å². The maximum absolute atomic E-state index is 13.5. The molecule has 1 heterocycles. The van der Waals surface area contributed by atoms with Crippen molar-refractivity contribution in [2.24, 2.45) is 11.3 Å². The Kier molecular flexibility index (Phi) is 15.4. The Morgan fingerprint density at radius 2 is 1.90 bits per heavy atom. The Morgan fingerprint density at radius 3 is 2.51 bits per heavy atom. The maximum Gasteiger partial charge on any atom is 2.00 e. The first-order chi connectivity index (χ1) is 17.8. The molecule has 2 aromatic rings. The van der Waals surface area contributed by atoms with Crippen molar-refractivity contribution in [3.05, 3.63) is 82.0 Å². The monoisotopic (exact) mass is 825 g/mol. The van der Waals surface area contributed by atoms with Crippen molar-refractivity contribution in [2.75, 3.05) is 25.6 Å². The van der Waals surface area contributed by atoms with Gasteiger partial charge in [-0.25, -0.2) is 9.65 Å². The number of alkyl halides is 1. The van der Waals surface area contributed by atoms with E-state index in [1.165, 1.54) is 23.4 Å². The predicted octanol–water partition coefficient (Wildman–Crippen LogP) is 3.59. The molecule has 0 bridgehead atoms. The normalized spacial score (nSPS) is 15.4. The summed E-state index contributed by atoms with van der Waals surface area (Å²) in [5.41, 5.74) is -1.13. The van der Waals surface area contributed by atoms with E-state index in [0.29, 0.717) is 0 Å². The van der Waals surface area contributed by atoms with E-state index in [4.69, 9.17) is 20.6 Å². The molecule has 10 nitrogen and oxygen atoms in total. The number of aromatic nitrogens is 2. The van der Waals surface area contributed by atoms with Crippen molar-refractivity contribution in [3.63, 3.8) is 0 Å². The molecule has 14 heteroatoms. The summed E-state index contributed by atoms with van der Waals surface area (Å²) in [6, 6.07) is 10.5. The van der Waals surface area contributed by atoms with Crippen molar-refractivity contribution in [3.8, 4) is 0 Å². The molecule has 39 heavy (non-hydrogen) atoms. The Bertz CT molecular complexity index is 1210. The van der Waals surface area contributed by atoms with Gasteiger partial charge >= 0.3 is 38.9 Å².